The van der Waals surface area contributed by atoms with E-state index in [1.54, 1.807) is 0 Å². The lowest BCUT2D eigenvalue weighted by atomic mass is 10.1. The van der Waals surface area contributed by atoms with Gasteiger partial charge in [0.1, 0.15) is 5.75 Å². The second-order valence-corrected chi connectivity index (χ2v) is 8.81. The predicted octanol–water partition coefficient (Wildman–Crippen LogP) is 5.63. The molecule has 0 saturated heterocycles. The van der Waals surface area contributed by atoms with Crippen LogP contribution in [0.2, 0.25) is 0 Å². The van der Waals surface area contributed by atoms with Crippen LogP contribution < -0.4 is 10.1 Å². The van der Waals surface area contributed by atoms with Gasteiger partial charge < -0.3 is 14.5 Å². The van der Waals surface area contributed by atoms with Gasteiger partial charge in [-0.3, -0.25) is 4.79 Å². The third-order valence-electron chi connectivity index (χ3n) is 4.65. The Morgan fingerprint density at radius 3 is 2.84 bits per heavy atom. The predicted molar refractivity (Wildman–Crippen MR) is 127 cm³/mol. The Bertz CT molecular complexity index is 1410. The Morgan fingerprint density at radius 1 is 1.09 bits per heavy atom. The van der Waals surface area contributed by atoms with E-state index in [-0.39, 0.29) is 11.7 Å². The summed E-state index contributed by atoms with van der Waals surface area (Å²) in [7, 11) is 0. The van der Waals surface area contributed by atoms with Gasteiger partial charge in [0, 0.05) is 5.56 Å². The Labute approximate surface area is 191 Å². The summed E-state index contributed by atoms with van der Waals surface area (Å²) in [5, 5.41) is 14.1. The first-order valence-electron chi connectivity index (χ1n) is 9.96. The number of ether oxygens (including phenoxy) is 1. The lowest BCUT2D eigenvalue weighted by Gasteiger charge is -2.00. The summed E-state index contributed by atoms with van der Waals surface area (Å²) >= 11 is 2.59. The van der Waals surface area contributed by atoms with Gasteiger partial charge in [-0.25, -0.2) is 4.98 Å². The molecule has 7 nitrogen and oxygen atoms in total. The zero-order chi connectivity index (χ0) is 21.9. The zero-order valence-electron chi connectivity index (χ0n) is 17.1. The van der Waals surface area contributed by atoms with Crippen LogP contribution in [0.25, 0.3) is 32.4 Å². The first-order chi connectivity index (χ1) is 15.7. The number of fused-ring (bicyclic) bond motifs is 2. The average molecular weight is 463 g/mol. The van der Waals surface area contributed by atoms with Crippen molar-refractivity contribution in [2.24, 2.45) is 0 Å². The van der Waals surface area contributed by atoms with Crippen molar-refractivity contribution < 1.29 is 13.9 Å². The van der Waals surface area contributed by atoms with E-state index in [0.29, 0.717) is 22.9 Å². The SMILES string of the molecule is CCOc1ccc2nc(NC(=O)CSc3nnc(-c4ccc5ccccc5c4)o3)sc2c1. The number of anilines is 1. The number of thioether (sulfide) groups is 1. The number of carbonyl (C=O) groups excluding carboxylic acids is 1. The molecule has 5 aromatic rings. The maximum Gasteiger partial charge on any atom is 0.277 e. The molecule has 0 radical (unpaired) electrons. The van der Waals surface area contributed by atoms with E-state index < -0.39 is 0 Å². The van der Waals surface area contributed by atoms with Gasteiger partial charge in [-0.1, -0.05) is 53.4 Å². The van der Waals surface area contributed by atoms with E-state index in [4.69, 9.17) is 9.15 Å². The Kier molecular flexibility index (Phi) is 5.74. The molecule has 2 aromatic heterocycles. The third-order valence-corrected chi connectivity index (χ3v) is 6.40. The van der Waals surface area contributed by atoms with Crippen molar-refractivity contribution in [1.29, 1.82) is 0 Å². The normalized spacial score (nSPS) is 11.2. The minimum Gasteiger partial charge on any atom is -0.494 e. The van der Waals surface area contributed by atoms with Crippen LogP contribution in [0, 0.1) is 0 Å². The van der Waals surface area contributed by atoms with Gasteiger partial charge in [0.15, 0.2) is 5.13 Å². The highest BCUT2D eigenvalue weighted by atomic mass is 32.2. The van der Waals surface area contributed by atoms with Crippen LogP contribution >= 0.6 is 23.1 Å². The van der Waals surface area contributed by atoms with Crippen LogP contribution in [0.3, 0.4) is 0 Å². The summed E-state index contributed by atoms with van der Waals surface area (Å²) in [6, 6.07) is 19.7. The summed E-state index contributed by atoms with van der Waals surface area (Å²) < 4.78 is 12.2. The first kappa shape index (κ1) is 20.5. The molecule has 1 N–H and O–H groups in total. The number of nitrogens with zero attached hydrogens (tertiary/aromatic N) is 3. The summed E-state index contributed by atoms with van der Waals surface area (Å²) in [5.41, 5.74) is 1.66. The Balaban J connectivity index is 1.22. The van der Waals surface area contributed by atoms with Crippen LogP contribution in [0.1, 0.15) is 6.92 Å². The molecule has 160 valence electrons. The smallest absolute Gasteiger partial charge is 0.277 e. The highest BCUT2D eigenvalue weighted by molar-refractivity contribution is 7.99. The summed E-state index contributed by atoms with van der Waals surface area (Å²) in [5.74, 6) is 1.16. The van der Waals surface area contributed by atoms with E-state index in [1.165, 1.54) is 23.1 Å². The van der Waals surface area contributed by atoms with E-state index >= 15 is 0 Å². The van der Waals surface area contributed by atoms with Gasteiger partial charge in [-0.2, -0.15) is 0 Å². The second-order valence-electron chi connectivity index (χ2n) is 6.85. The van der Waals surface area contributed by atoms with Crippen LogP contribution in [0.15, 0.2) is 70.3 Å². The lowest BCUT2D eigenvalue weighted by molar-refractivity contribution is -0.113. The van der Waals surface area contributed by atoms with E-state index in [0.717, 1.165) is 32.3 Å². The van der Waals surface area contributed by atoms with Crippen LogP contribution in [-0.2, 0) is 4.79 Å². The number of benzene rings is 3. The van der Waals surface area contributed by atoms with Crippen molar-refractivity contribution in [3.63, 3.8) is 0 Å². The molecule has 32 heavy (non-hydrogen) atoms. The zero-order valence-corrected chi connectivity index (χ0v) is 18.7. The molecule has 0 spiro atoms. The number of rotatable bonds is 7. The standard InChI is InChI=1S/C23H18N4O3S2/c1-2-29-17-9-10-18-19(12-17)32-22(24-18)25-20(28)13-31-23-27-26-21(30-23)16-8-7-14-5-3-4-6-15(14)11-16/h3-12H,2,13H2,1H3,(H,24,25,28). The van der Waals surface area contributed by atoms with Crippen molar-refractivity contribution in [2.75, 3.05) is 17.7 Å². The molecule has 2 heterocycles. The number of amides is 1. The number of nitrogens with one attached hydrogen (secondary N) is 1. The fraction of sp³-hybridized carbons (Fsp3) is 0.130. The molecular formula is C23H18N4O3S2. The quantitative estimate of drug-likeness (QED) is 0.314. The number of hydrogen-bond donors (Lipinski definition) is 1. The highest BCUT2D eigenvalue weighted by Gasteiger charge is 2.13. The molecule has 0 aliphatic rings. The lowest BCUT2D eigenvalue weighted by Crippen LogP contribution is -2.13. The maximum absolute atomic E-state index is 12.4. The summed E-state index contributed by atoms with van der Waals surface area (Å²) in [6.45, 7) is 2.54. The number of hydrogen-bond acceptors (Lipinski definition) is 8. The Morgan fingerprint density at radius 2 is 1.97 bits per heavy atom. The van der Waals surface area contributed by atoms with Crippen LogP contribution in [0.4, 0.5) is 5.13 Å². The highest BCUT2D eigenvalue weighted by Crippen LogP contribution is 2.30. The topological polar surface area (TPSA) is 90.1 Å². The minimum absolute atomic E-state index is 0.138. The van der Waals surface area contributed by atoms with Gasteiger partial charge in [-0.15, -0.1) is 10.2 Å². The van der Waals surface area contributed by atoms with Crippen molar-refractivity contribution in [3.05, 3.63) is 60.7 Å². The molecule has 0 fully saturated rings. The minimum atomic E-state index is -0.190. The second kappa shape index (κ2) is 8.97. The molecule has 5 rings (SSSR count). The van der Waals surface area contributed by atoms with Crippen molar-refractivity contribution in [2.45, 2.75) is 12.1 Å². The Hall–Kier alpha value is -3.43. The largest absolute Gasteiger partial charge is 0.494 e. The maximum atomic E-state index is 12.4. The van der Waals surface area contributed by atoms with Gasteiger partial charge in [0.25, 0.3) is 5.22 Å². The number of thiazole rings is 1. The average Bonchev–Trinajstić information content (AvgIpc) is 3.44. The van der Waals surface area contributed by atoms with E-state index in [9.17, 15) is 4.79 Å². The monoisotopic (exact) mass is 462 g/mol. The number of carbonyl (C=O) groups is 1. The molecule has 0 saturated carbocycles. The van der Waals surface area contributed by atoms with Gasteiger partial charge >= 0.3 is 0 Å². The third kappa shape index (κ3) is 4.44. The van der Waals surface area contributed by atoms with Crippen LogP contribution in [0.5, 0.6) is 5.75 Å². The molecule has 0 bridgehead atoms. The molecule has 9 heteroatoms. The fourth-order valence-electron chi connectivity index (χ4n) is 3.20. The molecule has 3 aromatic carbocycles. The summed E-state index contributed by atoms with van der Waals surface area (Å²) in [6.07, 6.45) is 0. The molecular weight excluding hydrogens is 444 g/mol. The molecule has 0 aliphatic heterocycles. The van der Waals surface area contributed by atoms with Gasteiger partial charge in [0.05, 0.1) is 22.6 Å². The van der Waals surface area contributed by atoms with Crippen molar-refractivity contribution >= 4 is 55.1 Å². The molecule has 0 aliphatic carbocycles. The van der Waals surface area contributed by atoms with Crippen LogP contribution in [-0.4, -0.2) is 33.4 Å². The van der Waals surface area contributed by atoms with Gasteiger partial charge in [0.2, 0.25) is 11.8 Å². The van der Waals surface area contributed by atoms with Crippen molar-refractivity contribution in [3.8, 4) is 17.2 Å². The first-order valence-corrected chi connectivity index (χ1v) is 11.8. The molecule has 1 amide bonds. The van der Waals surface area contributed by atoms with Crippen molar-refractivity contribution in [1.82, 2.24) is 15.2 Å². The fourth-order valence-corrected chi connectivity index (χ4v) is 4.68. The summed E-state index contributed by atoms with van der Waals surface area (Å²) in [4.78, 5) is 16.8. The van der Waals surface area contributed by atoms with Gasteiger partial charge in [-0.05, 0) is 48.0 Å². The molecule has 0 atom stereocenters. The van der Waals surface area contributed by atoms with E-state index in [2.05, 4.69) is 26.6 Å². The molecule has 0 unspecified atom stereocenters. The van der Waals surface area contributed by atoms with E-state index in [1.807, 2.05) is 61.5 Å². The number of aromatic nitrogens is 3.